The molecule has 4 rings (SSSR count). The van der Waals surface area contributed by atoms with E-state index < -0.39 is 32.9 Å². The third kappa shape index (κ3) is 2.13. The van der Waals surface area contributed by atoms with Crippen LogP contribution in [0.3, 0.4) is 0 Å². The Morgan fingerprint density at radius 3 is 2.63 bits per heavy atom. The van der Waals surface area contributed by atoms with E-state index in [0.29, 0.717) is 24.8 Å². The predicted molar refractivity (Wildman–Crippen MR) is 103 cm³/mol. The number of halogens is 3. The minimum atomic E-state index is -1.45. The Kier molecular flexibility index (Phi) is 4.12. The molecule has 0 aromatic carbocycles. The molecule has 27 heavy (non-hydrogen) atoms. The standard InChI is InChI=1S/C21H25Cl2FO3/c1-11(25)20(27)7-5-13-14-9-16(24)15-8-12(26)4-6-18(15,2)21(14,23)17(22)10-19(13,20)3/h4,6,8,13-14,16-17,27H,5,7,9-10H2,1-3H3/t13-,14-,16?,17?,18-,19-,20-,21-/m0/s1. The first kappa shape index (κ1) is 19.6. The van der Waals surface area contributed by atoms with E-state index >= 15 is 4.39 Å². The lowest BCUT2D eigenvalue weighted by Gasteiger charge is -2.64. The van der Waals surface area contributed by atoms with Gasteiger partial charge in [-0.05, 0) is 62.2 Å². The molecule has 1 N–H and O–H groups in total. The molecule has 3 saturated carbocycles. The lowest BCUT2D eigenvalue weighted by atomic mass is 9.46. The number of Topliss-reactive ketones (excluding diaryl/α,β-unsaturated/α-hetero) is 1. The maximum absolute atomic E-state index is 15.3. The Hall–Kier alpha value is -0.710. The Morgan fingerprint density at radius 2 is 2.00 bits per heavy atom. The molecule has 0 heterocycles. The molecule has 3 fully saturated rings. The smallest absolute Gasteiger partial charge is 0.178 e. The molecule has 6 heteroatoms. The van der Waals surface area contributed by atoms with Crippen LogP contribution >= 0.6 is 23.2 Å². The third-order valence-electron chi connectivity index (χ3n) is 8.32. The van der Waals surface area contributed by atoms with Crippen LogP contribution in [0.5, 0.6) is 0 Å². The highest BCUT2D eigenvalue weighted by atomic mass is 35.5. The fourth-order valence-electron chi connectivity index (χ4n) is 6.72. The van der Waals surface area contributed by atoms with Gasteiger partial charge in [0.25, 0.3) is 0 Å². The van der Waals surface area contributed by atoms with E-state index in [9.17, 15) is 14.7 Å². The highest BCUT2D eigenvalue weighted by Gasteiger charge is 2.73. The van der Waals surface area contributed by atoms with E-state index in [2.05, 4.69) is 0 Å². The van der Waals surface area contributed by atoms with Crippen LogP contribution in [0.15, 0.2) is 23.8 Å². The molecule has 0 amide bonds. The van der Waals surface area contributed by atoms with Gasteiger partial charge < -0.3 is 5.11 Å². The molecule has 2 unspecified atom stereocenters. The van der Waals surface area contributed by atoms with Crippen molar-refractivity contribution in [2.24, 2.45) is 22.7 Å². The Morgan fingerprint density at radius 1 is 1.33 bits per heavy atom. The summed E-state index contributed by atoms with van der Waals surface area (Å²) in [5.41, 5.74) is -2.67. The third-order valence-corrected chi connectivity index (χ3v) is 9.87. The molecule has 0 saturated heterocycles. The lowest BCUT2D eigenvalue weighted by Crippen LogP contribution is -2.68. The zero-order chi connectivity index (χ0) is 20.0. The molecule has 0 aromatic heterocycles. The van der Waals surface area contributed by atoms with E-state index in [4.69, 9.17) is 23.2 Å². The minimum Gasteiger partial charge on any atom is -0.382 e. The molecule has 4 aliphatic rings. The zero-order valence-corrected chi connectivity index (χ0v) is 17.3. The van der Waals surface area contributed by atoms with Crippen molar-refractivity contribution in [3.8, 4) is 0 Å². The normalized spacial score (nSPS) is 54.0. The van der Waals surface area contributed by atoms with Gasteiger partial charge in [-0.25, -0.2) is 4.39 Å². The molecule has 0 radical (unpaired) electrons. The first-order valence-corrected chi connectivity index (χ1v) is 10.4. The van der Waals surface area contributed by atoms with Crippen molar-refractivity contribution in [1.29, 1.82) is 0 Å². The number of allylic oxidation sites excluding steroid dienone is 4. The maximum atomic E-state index is 15.3. The van der Waals surface area contributed by atoms with Crippen molar-refractivity contribution < 1.29 is 19.1 Å². The number of hydrogen-bond acceptors (Lipinski definition) is 3. The summed E-state index contributed by atoms with van der Waals surface area (Å²) in [6.07, 6.45) is 4.71. The number of rotatable bonds is 1. The molecule has 0 aromatic rings. The van der Waals surface area contributed by atoms with Gasteiger partial charge in [0.15, 0.2) is 11.6 Å². The molecular weight excluding hydrogens is 390 g/mol. The first-order valence-electron chi connectivity index (χ1n) is 9.57. The van der Waals surface area contributed by atoms with E-state index in [1.54, 1.807) is 6.08 Å². The van der Waals surface area contributed by atoms with Crippen LogP contribution in [0.25, 0.3) is 0 Å². The average molecular weight is 415 g/mol. The summed E-state index contributed by atoms with van der Waals surface area (Å²) in [5, 5.41) is 10.6. The molecule has 4 aliphatic carbocycles. The molecule has 0 aliphatic heterocycles. The number of carbonyl (C=O) groups excluding carboxylic acids is 2. The molecular formula is C21H25Cl2FO3. The van der Waals surface area contributed by atoms with E-state index in [-0.39, 0.29) is 29.8 Å². The second-order valence-corrected chi connectivity index (χ2v) is 10.4. The monoisotopic (exact) mass is 414 g/mol. The van der Waals surface area contributed by atoms with Crippen molar-refractivity contribution in [3.05, 3.63) is 23.8 Å². The van der Waals surface area contributed by atoms with Crippen molar-refractivity contribution in [2.75, 3.05) is 0 Å². The predicted octanol–water partition coefficient (Wildman–Crippen LogP) is 4.14. The first-order chi connectivity index (χ1) is 12.4. The van der Waals surface area contributed by atoms with Crippen LogP contribution in [0.1, 0.15) is 46.5 Å². The van der Waals surface area contributed by atoms with E-state index in [1.165, 1.54) is 19.1 Å². The van der Waals surface area contributed by atoms with Gasteiger partial charge in [0.2, 0.25) is 0 Å². The average Bonchev–Trinajstić information content (AvgIpc) is 2.85. The van der Waals surface area contributed by atoms with Crippen molar-refractivity contribution >= 4 is 34.8 Å². The Labute approximate surface area is 169 Å². The van der Waals surface area contributed by atoms with Crippen LogP contribution in [0.2, 0.25) is 0 Å². The highest BCUT2D eigenvalue weighted by Crippen LogP contribution is 2.71. The molecule has 3 nitrogen and oxygen atoms in total. The summed E-state index contributed by atoms with van der Waals surface area (Å²) in [7, 11) is 0. The summed E-state index contributed by atoms with van der Waals surface area (Å²) in [5.74, 6) is -0.909. The Balaban J connectivity index is 1.86. The van der Waals surface area contributed by atoms with Gasteiger partial charge in [0.1, 0.15) is 11.8 Å². The van der Waals surface area contributed by atoms with Crippen LogP contribution in [0, 0.1) is 22.7 Å². The summed E-state index contributed by atoms with van der Waals surface area (Å²) in [6.45, 7) is 5.17. The van der Waals surface area contributed by atoms with Crippen LogP contribution in [0.4, 0.5) is 4.39 Å². The van der Waals surface area contributed by atoms with E-state index in [1.807, 2.05) is 13.8 Å². The van der Waals surface area contributed by atoms with Gasteiger partial charge >= 0.3 is 0 Å². The highest BCUT2D eigenvalue weighted by molar-refractivity contribution is 6.34. The molecule has 148 valence electrons. The number of alkyl halides is 3. The summed E-state index contributed by atoms with van der Waals surface area (Å²) in [6, 6.07) is 0. The summed E-state index contributed by atoms with van der Waals surface area (Å²) < 4.78 is 15.3. The van der Waals surface area contributed by atoms with Crippen molar-refractivity contribution in [3.63, 3.8) is 0 Å². The van der Waals surface area contributed by atoms with Crippen molar-refractivity contribution in [1.82, 2.24) is 0 Å². The van der Waals surface area contributed by atoms with Gasteiger partial charge in [-0.3, -0.25) is 9.59 Å². The fourth-order valence-corrected chi connectivity index (χ4v) is 7.92. The number of carbonyl (C=O) groups is 2. The second kappa shape index (κ2) is 5.67. The topological polar surface area (TPSA) is 54.4 Å². The number of hydrogen-bond donors (Lipinski definition) is 1. The summed E-state index contributed by atoms with van der Waals surface area (Å²) in [4.78, 5) is 23.2. The van der Waals surface area contributed by atoms with E-state index in [0.717, 1.165) is 0 Å². The molecule has 0 bridgehead atoms. The number of ketones is 2. The van der Waals surface area contributed by atoms with Gasteiger partial charge in [0.05, 0.1) is 10.3 Å². The lowest BCUT2D eigenvalue weighted by molar-refractivity contribution is -0.157. The SMILES string of the molecule is CC(=O)[C@@]1(O)CC[C@H]2[C@@H]3CC(F)C4=CC(=O)C=C[C@]4(C)[C@@]3(Cl)C(Cl)C[C@@]21C. The largest absolute Gasteiger partial charge is 0.382 e. The van der Waals surface area contributed by atoms with Crippen LogP contribution in [-0.2, 0) is 9.59 Å². The van der Waals surface area contributed by atoms with Crippen molar-refractivity contribution in [2.45, 2.75) is 68.5 Å². The molecule has 8 atom stereocenters. The zero-order valence-electron chi connectivity index (χ0n) is 15.8. The van der Waals surface area contributed by atoms with Gasteiger partial charge in [-0.1, -0.05) is 19.9 Å². The second-order valence-electron chi connectivity index (χ2n) is 9.27. The summed E-state index contributed by atoms with van der Waals surface area (Å²) >= 11 is 14.2. The van der Waals surface area contributed by atoms with Crippen LogP contribution in [-0.4, -0.2) is 38.7 Å². The Bertz CT molecular complexity index is 794. The fraction of sp³-hybridized carbons (Fsp3) is 0.714. The van der Waals surface area contributed by atoms with Crippen LogP contribution < -0.4 is 0 Å². The number of fused-ring (bicyclic) bond motifs is 5. The van der Waals surface area contributed by atoms with Gasteiger partial charge in [-0.15, -0.1) is 23.2 Å². The van der Waals surface area contributed by atoms with Gasteiger partial charge in [0, 0.05) is 10.8 Å². The maximum Gasteiger partial charge on any atom is 0.178 e. The molecule has 0 spiro atoms. The number of aliphatic hydroxyl groups is 1. The van der Waals surface area contributed by atoms with Gasteiger partial charge in [-0.2, -0.15) is 0 Å². The minimum absolute atomic E-state index is 0.110. The quantitative estimate of drug-likeness (QED) is 0.655.